The van der Waals surface area contributed by atoms with Gasteiger partial charge < -0.3 is 5.32 Å². The second-order valence-corrected chi connectivity index (χ2v) is 10.3. The molecule has 4 aliphatic rings. The molecule has 1 aromatic carbocycles. The predicted octanol–water partition coefficient (Wildman–Crippen LogP) is 3.98. The number of benzene rings is 1. The molecule has 4 atom stereocenters. The summed E-state index contributed by atoms with van der Waals surface area (Å²) in [6.07, 6.45) is 12.5. The van der Waals surface area contributed by atoms with Crippen molar-refractivity contribution in [1.82, 2.24) is 9.88 Å². The lowest BCUT2D eigenvalue weighted by atomic mass is 9.84. The van der Waals surface area contributed by atoms with Crippen LogP contribution in [-0.2, 0) is 20.8 Å². The highest BCUT2D eigenvalue weighted by Crippen LogP contribution is 2.53. The van der Waals surface area contributed by atoms with Crippen molar-refractivity contribution >= 4 is 23.4 Å². The summed E-state index contributed by atoms with van der Waals surface area (Å²) in [5.74, 6) is 0.231. The van der Waals surface area contributed by atoms with Gasteiger partial charge in [-0.25, -0.2) is 0 Å². The van der Waals surface area contributed by atoms with E-state index in [1.807, 2.05) is 36.4 Å². The number of rotatable bonds is 5. The average molecular weight is 456 g/mol. The molecule has 6 heteroatoms. The molecule has 3 amide bonds. The van der Waals surface area contributed by atoms with Crippen LogP contribution < -0.4 is 5.32 Å². The third-order valence-electron chi connectivity index (χ3n) is 8.32. The smallest absolute Gasteiger partial charge is 0.233 e. The van der Waals surface area contributed by atoms with Gasteiger partial charge in [0.1, 0.15) is 0 Å². The van der Waals surface area contributed by atoms with Crippen LogP contribution in [0.4, 0.5) is 5.69 Å². The van der Waals surface area contributed by atoms with Gasteiger partial charge in [-0.2, -0.15) is 0 Å². The molecule has 174 valence electrons. The van der Waals surface area contributed by atoms with Gasteiger partial charge in [0.15, 0.2) is 0 Å². The van der Waals surface area contributed by atoms with Crippen molar-refractivity contribution in [2.75, 3.05) is 5.32 Å². The fraction of sp³-hybridized carbons (Fsp3) is 0.429. The van der Waals surface area contributed by atoms with E-state index in [1.165, 1.54) is 11.1 Å². The summed E-state index contributed by atoms with van der Waals surface area (Å²) in [5.41, 5.74) is 3.18. The van der Waals surface area contributed by atoms with Gasteiger partial charge in [0, 0.05) is 30.0 Å². The van der Waals surface area contributed by atoms with Crippen LogP contribution in [-0.4, -0.2) is 33.6 Å². The summed E-state index contributed by atoms with van der Waals surface area (Å²) >= 11 is 0. The Hall–Kier alpha value is -3.28. The summed E-state index contributed by atoms with van der Waals surface area (Å²) in [7, 11) is 0. The van der Waals surface area contributed by atoms with Gasteiger partial charge in [0.05, 0.1) is 11.8 Å². The number of allylic oxidation sites excluding steroid dienone is 2. The van der Waals surface area contributed by atoms with Crippen LogP contribution in [0.15, 0.2) is 60.9 Å². The zero-order chi connectivity index (χ0) is 23.2. The Balaban J connectivity index is 1.03. The van der Waals surface area contributed by atoms with Gasteiger partial charge in [-0.05, 0) is 85.8 Å². The van der Waals surface area contributed by atoms with E-state index in [9.17, 15) is 14.4 Å². The number of hydrogen-bond donors (Lipinski definition) is 1. The van der Waals surface area contributed by atoms with Crippen LogP contribution in [0.3, 0.4) is 0 Å². The lowest BCUT2D eigenvalue weighted by Gasteiger charge is -2.33. The Labute approximate surface area is 199 Å². The zero-order valence-electron chi connectivity index (χ0n) is 19.1. The highest BCUT2D eigenvalue weighted by molar-refractivity contribution is 6.06. The first-order valence-corrected chi connectivity index (χ1v) is 12.4. The summed E-state index contributed by atoms with van der Waals surface area (Å²) in [6, 6.07) is 11.9. The SMILES string of the molecule is O=C(Nc1ccc(Cc2ccncc2)cc1)C1CCC(N2C(=O)[C@@H]3[C@H](C2=O)[C@@H]2C=C[C@@H]3C2)CC1. The molecule has 0 spiro atoms. The summed E-state index contributed by atoms with van der Waals surface area (Å²) < 4.78 is 0. The molecule has 6 rings (SSSR count). The highest BCUT2D eigenvalue weighted by Gasteiger charge is 2.60. The standard InChI is InChI=1S/C28H29N3O3/c32-26(30-22-7-1-17(2-8-22)15-18-11-13-29-14-12-18)19-5-9-23(10-6-19)31-27(33)24-20-3-4-21(16-20)25(24)28(31)34/h1-4,7-8,11-14,19-21,23-25H,5-6,9-10,15-16H2,(H,30,32)/t19?,20-,21-,23?,24-,25+/m1/s1. The van der Waals surface area contributed by atoms with E-state index in [-0.39, 0.29) is 53.4 Å². The normalized spacial score (nSPS) is 31.7. The molecule has 0 unspecified atom stereocenters. The number of aromatic nitrogens is 1. The summed E-state index contributed by atoms with van der Waals surface area (Å²) in [5, 5.41) is 3.05. The maximum absolute atomic E-state index is 13.1. The number of nitrogens with one attached hydrogen (secondary N) is 1. The first kappa shape index (κ1) is 21.3. The summed E-state index contributed by atoms with van der Waals surface area (Å²) in [4.78, 5) is 44.7. The van der Waals surface area contributed by atoms with Crippen LogP contribution >= 0.6 is 0 Å². The second kappa shape index (κ2) is 8.49. The minimum atomic E-state index is -0.134. The molecular formula is C28H29N3O3. The maximum atomic E-state index is 13.1. The molecule has 0 radical (unpaired) electrons. The highest BCUT2D eigenvalue weighted by atomic mass is 16.2. The number of carbonyl (C=O) groups is 3. The second-order valence-electron chi connectivity index (χ2n) is 10.3. The van der Waals surface area contributed by atoms with Gasteiger partial charge >= 0.3 is 0 Å². The molecule has 1 N–H and O–H groups in total. The average Bonchev–Trinajstić information content (AvgIpc) is 3.55. The number of fused-ring (bicyclic) bond motifs is 5. The topological polar surface area (TPSA) is 79.4 Å². The minimum Gasteiger partial charge on any atom is -0.326 e. The molecular weight excluding hydrogens is 426 g/mol. The van der Waals surface area contributed by atoms with E-state index in [1.54, 1.807) is 17.3 Å². The molecule has 6 nitrogen and oxygen atoms in total. The Bertz CT molecular complexity index is 1110. The largest absolute Gasteiger partial charge is 0.326 e. The molecule has 2 aromatic rings. The molecule has 2 bridgehead atoms. The lowest BCUT2D eigenvalue weighted by molar-refractivity contribution is -0.144. The number of carbonyl (C=O) groups excluding carboxylic acids is 3. The quantitative estimate of drug-likeness (QED) is 0.546. The van der Waals surface area contributed by atoms with Crippen molar-refractivity contribution in [3.63, 3.8) is 0 Å². The van der Waals surface area contributed by atoms with Crippen molar-refractivity contribution < 1.29 is 14.4 Å². The fourth-order valence-electron chi connectivity index (χ4n) is 6.57. The fourth-order valence-corrected chi connectivity index (χ4v) is 6.57. The van der Waals surface area contributed by atoms with Crippen LogP contribution in [0.25, 0.3) is 0 Å². The van der Waals surface area contributed by atoms with Crippen molar-refractivity contribution in [2.45, 2.75) is 44.6 Å². The Morgan fingerprint density at radius 2 is 1.44 bits per heavy atom. The third kappa shape index (κ3) is 3.65. The van der Waals surface area contributed by atoms with Crippen LogP contribution in [0.2, 0.25) is 0 Å². The van der Waals surface area contributed by atoms with Gasteiger partial charge in [0.25, 0.3) is 0 Å². The zero-order valence-corrected chi connectivity index (χ0v) is 19.1. The van der Waals surface area contributed by atoms with Crippen molar-refractivity contribution in [3.8, 4) is 0 Å². The summed E-state index contributed by atoms with van der Waals surface area (Å²) in [6.45, 7) is 0. The molecule has 1 aliphatic heterocycles. The minimum absolute atomic E-state index is 0.0264. The van der Waals surface area contributed by atoms with E-state index in [0.29, 0.717) is 25.7 Å². The van der Waals surface area contributed by atoms with Crippen LogP contribution in [0.5, 0.6) is 0 Å². The molecule has 2 heterocycles. The number of pyridine rings is 1. The van der Waals surface area contributed by atoms with Crippen molar-refractivity contribution in [2.24, 2.45) is 29.6 Å². The van der Waals surface area contributed by atoms with E-state index in [4.69, 9.17) is 0 Å². The van der Waals surface area contributed by atoms with Gasteiger partial charge in [0.2, 0.25) is 17.7 Å². The maximum Gasteiger partial charge on any atom is 0.233 e. The van der Waals surface area contributed by atoms with E-state index < -0.39 is 0 Å². The number of amides is 3. The Kier molecular flexibility index (Phi) is 5.31. The Morgan fingerprint density at radius 3 is 2.06 bits per heavy atom. The van der Waals surface area contributed by atoms with E-state index >= 15 is 0 Å². The first-order valence-electron chi connectivity index (χ1n) is 12.4. The van der Waals surface area contributed by atoms with Crippen LogP contribution in [0.1, 0.15) is 43.2 Å². The third-order valence-corrected chi connectivity index (χ3v) is 8.32. The van der Waals surface area contributed by atoms with Crippen molar-refractivity contribution in [3.05, 3.63) is 72.1 Å². The predicted molar refractivity (Wildman–Crippen MR) is 127 cm³/mol. The van der Waals surface area contributed by atoms with E-state index in [0.717, 1.165) is 18.5 Å². The van der Waals surface area contributed by atoms with Gasteiger partial charge in [-0.1, -0.05) is 24.3 Å². The van der Waals surface area contributed by atoms with Gasteiger partial charge in [-0.3, -0.25) is 24.3 Å². The number of likely N-dealkylation sites (tertiary alicyclic amines) is 1. The first-order chi connectivity index (χ1) is 16.6. The van der Waals surface area contributed by atoms with Crippen molar-refractivity contribution in [1.29, 1.82) is 0 Å². The molecule has 34 heavy (non-hydrogen) atoms. The number of anilines is 1. The molecule has 2 saturated carbocycles. The van der Waals surface area contributed by atoms with E-state index in [2.05, 4.69) is 22.5 Å². The monoisotopic (exact) mass is 455 g/mol. The van der Waals surface area contributed by atoms with Crippen LogP contribution in [0, 0.1) is 29.6 Å². The number of imide groups is 1. The molecule has 1 aromatic heterocycles. The number of hydrogen-bond acceptors (Lipinski definition) is 4. The molecule has 1 saturated heterocycles. The van der Waals surface area contributed by atoms with Gasteiger partial charge in [-0.15, -0.1) is 0 Å². The molecule has 3 aliphatic carbocycles. The number of nitrogens with zero attached hydrogens (tertiary/aromatic N) is 2. The molecule has 3 fully saturated rings. The Morgan fingerprint density at radius 1 is 0.853 bits per heavy atom. The lowest BCUT2D eigenvalue weighted by Crippen LogP contribution is -2.44.